The summed E-state index contributed by atoms with van der Waals surface area (Å²) < 4.78 is 5.76. The van der Waals surface area contributed by atoms with E-state index in [0.29, 0.717) is 19.1 Å². The van der Waals surface area contributed by atoms with E-state index in [-0.39, 0.29) is 23.5 Å². The van der Waals surface area contributed by atoms with Gasteiger partial charge in [-0.3, -0.25) is 9.69 Å². The monoisotopic (exact) mass is 298 g/mol. The van der Waals surface area contributed by atoms with Crippen LogP contribution in [0, 0.1) is 11.3 Å². The fraction of sp³-hybridized carbons (Fsp3) is 0.938. The number of rotatable bonds is 6. The first-order chi connectivity index (χ1) is 9.98. The molecule has 0 aromatic carbocycles. The first kappa shape index (κ1) is 16.7. The van der Waals surface area contributed by atoms with Crippen LogP contribution in [0.15, 0.2) is 0 Å². The van der Waals surface area contributed by atoms with Crippen molar-refractivity contribution in [3.05, 3.63) is 0 Å². The predicted molar refractivity (Wildman–Crippen MR) is 82.0 cm³/mol. The third kappa shape index (κ3) is 3.76. The molecule has 1 aliphatic heterocycles. The van der Waals surface area contributed by atoms with Crippen molar-refractivity contribution in [2.24, 2.45) is 11.3 Å². The lowest BCUT2D eigenvalue weighted by Crippen LogP contribution is -2.62. The van der Waals surface area contributed by atoms with Gasteiger partial charge in [-0.15, -0.1) is 0 Å². The Morgan fingerprint density at radius 1 is 1.43 bits per heavy atom. The summed E-state index contributed by atoms with van der Waals surface area (Å²) >= 11 is 0. The van der Waals surface area contributed by atoms with E-state index in [1.54, 1.807) is 0 Å². The second-order valence-corrected chi connectivity index (χ2v) is 6.90. The van der Waals surface area contributed by atoms with Crippen LogP contribution in [0.1, 0.15) is 40.0 Å². The number of amides is 1. The van der Waals surface area contributed by atoms with Gasteiger partial charge in [0.1, 0.15) is 0 Å². The number of hydrogen-bond donors (Lipinski definition) is 2. The Bertz CT molecular complexity index is 349. The van der Waals surface area contributed by atoms with Gasteiger partial charge in [0.15, 0.2) is 0 Å². The lowest BCUT2D eigenvalue weighted by atomic mass is 9.58. The quantitative estimate of drug-likeness (QED) is 0.768. The largest absolute Gasteiger partial charge is 0.392 e. The molecule has 5 heteroatoms. The van der Waals surface area contributed by atoms with Crippen molar-refractivity contribution < 1.29 is 14.6 Å². The van der Waals surface area contributed by atoms with Gasteiger partial charge in [-0.2, -0.15) is 0 Å². The molecule has 0 aromatic rings. The van der Waals surface area contributed by atoms with E-state index in [2.05, 4.69) is 24.1 Å². The molecule has 1 heterocycles. The van der Waals surface area contributed by atoms with E-state index in [0.717, 1.165) is 38.9 Å². The zero-order valence-corrected chi connectivity index (χ0v) is 13.6. The van der Waals surface area contributed by atoms with Crippen LogP contribution in [0.2, 0.25) is 0 Å². The average Bonchev–Trinajstić information content (AvgIpc) is 2.46. The van der Waals surface area contributed by atoms with Crippen LogP contribution in [0.3, 0.4) is 0 Å². The number of piperidine rings is 1. The van der Waals surface area contributed by atoms with Gasteiger partial charge >= 0.3 is 0 Å². The van der Waals surface area contributed by atoms with Crippen molar-refractivity contribution >= 4 is 5.91 Å². The number of nitrogens with zero attached hydrogens (tertiary/aromatic N) is 1. The lowest BCUT2D eigenvalue weighted by Gasteiger charge is -2.56. The molecule has 0 bridgehead atoms. The van der Waals surface area contributed by atoms with E-state index in [1.807, 2.05) is 6.92 Å². The van der Waals surface area contributed by atoms with Gasteiger partial charge in [0.05, 0.1) is 18.8 Å². The van der Waals surface area contributed by atoms with E-state index < -0.39 is 0 Å². The Labute approximate surface area is 128 Å². The number of aliphatic hydroxyl groups is 1. The molecule has 1 spiro atoms. The van der Waals surface area contributed by atoms with Crippen LogP contribution >= 0.6 is 0 Å². The van der Waals surface area contributed by atoms with Gasteiger partial charge in [0.2, 0.25) is 5.91 Å². The molecule has 0 aromatic heterocycles. The van der Waals surface area contributed by atoms with Crippen molar-refractivity contribution in [2.45, 2.75) is 52.2 Å². The number of carbonyl (C=O) groups excluding carboxylic acids is 1. The van der Waals surface area contributed by atoms with Crippen molar-refractivity contribution in [1.82, 2.24) is 10.2 Å². The summed E-state index contributed by atoms with van der Waals surface area (Å²) in [4.78, 5) is 14.1. The molecule has 2 aliphatic rings. The van der Waals surface area contributed by atoms with Crippen LogP contribution in [0.4, 0.5) is 0 Å². The molecular formula is C16H30N2O3. The standard InChI is InChI=1S/C16H30N2O3/c1-4-21-14-9-13(19)16(14)5-7-18(8-6-16)11-15(20)17-10-12(2)3/h12-14,19H,4-11H2,1-3H3,(H,17,20). The maximum atomic E-state index is 11.9. The first-order valence-corrected chi connectivity index (χ1v) is 8.26. The summed E-state index contributed by atoms with van der Waals surface area (Å²) in [6.45, 7) is 9.85. The van der Waals surface area contributed by atoms with Crippen LogP contribution in [-0.4, -0.2) is 60.9 Å². The molecule has 1 saturated carbocycles. The van der Waals surface area contributed by atoms with E-state index in [4.69, 9.17) is 4.74 Å². The molecule has 122 valence electrons. The first-order valence-electron chi connectivity index (χ1n) is 8.26. The highest BCUT2D eigenvalue weighted by atomic mass is 16.5. The summed E-state index contributed by atoms with van der Waals surface area (Å²) in [6, 6.07) is 0. The Morgan fingerprint density at radius 3 is 2.62 bits per heavy atom. The number of carbonyl (C=O) groups is 1. The summed E-state index contributed by atoms with van der Waals surface area (Å²) in [7, 11) is 0. The second-order valence-electron chi connectivity index (χ2n) is 6.90. The molecule has 2 unspecified atom stereocenters. The van der Waals surface area contributed by atoms with Gasteiger partial charge < -0.3 is 15.2 Å². The SMILES string of the molecule is CCOC1CC(O)C12CCN(CC(=O)NCC(C)C)CC2. The maximum Gasteiger partial charge on any atom is 0.234 e. The Hall–Kier alpha value is -0.650. The van der Waals surface area contributed by atoms with Gasteiger partial charge in [0, 0.05) is 25.0 Å². The Balaban J connectivity index is 1.76. The topological polar surface area (TPSA) is 61.8 Å². The highest BCUT2D eigenvalue weighted by Crippen LogP contribution is 2.50. The zero-order chi connectivity index (χ0) is 15.5. The summed E-state index contributed by atoms with van der Waals surface area (Å²) in [6.07, 6.45) is 2.59. The zero-order valence-electron chi connectivity index (χ0n) is 13.6. The summed E-state index contributed by atoms with van der Waals surface area (Å²) in [5.41, 5.74) is -0.0546. The van der Waals surface area contributed by atoms with E-state index >= 15 is 0 Å². The molecule has 2 atom stereocenters. The van der Waals surface area contributed by atoms with Crippen molar-refractivity contribution in [3.63, 3.8) is 0 Å². The minimum Gasteiger partial charge on any atom is -0.392 e. The average molecular weight is 298 g/mol. The predicted octanol–water partition coefficient (Wildman–Crippen LogP) is 1.01. The minimum atomic E-state index is -0.231. The molecule has 2 N–H and O–H groups in total. The van der Waals surface area contributed by atoms with Crippen LogP contribution in [-0.2, 0) is 9.53 Å². The molecular weight excluding hydrogens is 268 g/mol. The molecule has 1 saturated heterocycles. The molecule has 5 nitrogen and oxygen atoms in total. The smallest absolute Gasteiger partial charge is 0.234 e. The number of ether oxygens (including phenoxy) is 1. The molecule has 1 aliphatic carbocycles. The Kier molecular flexibility index (Phi) is 5.63. The lowest BCUT2D eigenvalue weighted by molar-refractivity contribution is -0.209. The highest BCUT2D eigenvalue weighted by Gasteiger charge is 2.55. The second kappa shape index (κ2) is 7.07. The fourth-order valence-electron chi connectivity index (χ4n) is 3.52. The van der Waals surface area contributed by atoms with Gasteiger partial charge in [0.25, 0.3) is 0 Å². The summed E-state index contributed by atoms with van der Waals surface area (Å²) in [5, 5.41) is 13.1. The summed E-state index contributed by atoms with van der Waals surface area (Å²) in [5.74, 6) is 0.589. The molecule has 1 amide bonds. The van der Waals surface area contributed by atoms with Crippen molar-refractivity contribution in [2.75, 3.05) is 32.8 Å². The van der Waals surface area contributed by atoms with Gasteiger partial charge in [-0.05, 0) is 38.8 Å². The molecule has 2 rings (SSSR count). The highest BCUT2D eigenvalue weighted by molar-refractivity contribution is 5.78. The van der Waals surface area contributed by atoms with Crippen molar-refractivity contribution in [1.29, 1.82) is 0 Å². The number of nitrogens with one attached hydrogen (secondary N) is 1. The third-order valence-corrected chi connectivity index (χ3v) is 4.97. The molecule has 2 fully saturated rings. The number of aliphatic hydroxyl groups excluding tert-OH is 1. The number of likely N-dealkylation sites (tertiary alicyclic amines) is 1. The van der Waals surface area contributed by atoms with E-state index in [9.17, 15) is 9.90 Å². The number of hydrogen-bond acceptors (Lipinski definition) is 4. The normalized spacial score (nSPS) is 28.6. The van der Waals surface area contributed by atoms with Crippen molar-refractivity contribution in [3.8, 4) is 0 Å². The third-order valence-electron chi connectivity index (χ3n) is 4.97. The van der Waals surface area contributed by atoms with Crippen LogP contribution < -0.4 is 5.32 Å². The molecule has 21 heavy (non-hydrogen) atoms. The fourth-order valence-corrected chi connectivity index (χ4v) is 3.52. The van der Waals surface area contributed by atoms with Crippen LogP contribution in [0.25, 0.3) is 0 Å². The Morgan fingerprint density at radius 2 is 2.10 bits per heavy atom. The molecule has 0 radical (unpaired) electrons. The van der Waals surface area contributed by atoms with E-state index in [1.165, 1.54) is 0 Å². The minimum absolute atomic E-state index is 0.0546. The maximum absolute atomic E-state index is 11.9. The van der Waals surface area contributed by atoms with Crippen LogP contribution in [0.5, 0.6) is 0 Å². The van der Waals surface area contributed by atoms with Gasteiger partial charge in [-0.1, -0.05) is 13.8 Å². The van der Waals surface area contributed by atoms with Gasteiger partial charge in [-0.25, -0.2) is 0 Å².